The highest BCUT2D eigenvalue weighted by molar-refractivity contribution is 6.35. The van der Waals surface area contributed by atoms with Gasteiger partial charge in [-0.25, -0.2) is 23.5 Å². The number of nitrogens with zero attached hydrogens (tertiary/aromatic N) is 2. The van der Waals surface area contributed by atoms with E-state index in [1.807, 2.05) is 0 Å². The van der Waals surface area contributed by atoms with Gasteiger partial charge in [0, 0.05) is 0 Å². The predicted molar refractivity (Wildman–Crippen MR) is 73.1 cm³/mol. The molecule has 0 aliphatic rings. The SMILES string of the molecule is COC(=O)c1nc(-c2ccc(C(F)(F)F)c(F)c2F)nc(N)c1Cl. The van der Waals surface area contributed by atoms with Crippen LogP contribution in [0.2, 0.25) is 5.02 Å². The Balaban J connectivity index is 2.68. The summed E-state index contributed by atoms with van der Waals surface area (Å²) >= 11 is 5.72. The van der Waals surface area contributed by atoms with E-state index >= 15 is 0 Å². The van der Waals surface area contributed by atoms with Crippen molar-refractivity contribution in [3.05, 3.63) is 40.0 Å². The first kappa shape index (κ1) is 17.9. The third kappa shape index (κ3) is 3.09. The van der Waals surface area contributed by atoms with Crippen molar-refractivity contribution >= 4 is 23.4 Å². The monoisotopic (exact) mass is 367 g/mol. The Hall–Kier alpha value is -2.49. The van der Waals surface area contributed by atoms with Crippen molar-refractivity contribution in [2.45, 2.75) is 6.18 Å². The number of ether oxygens (including phenoxy) is 1. The molecule has 0 unspecified atom stereocenters. The Morgan fingerprint density at radius 2 is 1.83 bits per heavy atom. The fraction of sp³-hybridized carbons (Fsp3) is 0.154. The molecule has 0 amide bonds. The first-order valence-electron chi connectivity index (χ1n) is 6.04. The molecule has 0 atom stereocenters. The van der Waals surface area contributed by atoms with Crippen molar-refractivity contribution < 1.29 is 31.5 Å². The number of carbonyl (C=O) groups excluding carboxylic acids is 1. The van der Waals surface area contributed by atoms with Crippen molar-refractivity contribution in [3.8, 4) is 11.4 Å². The van der Waals surface area contributed by atoms with Gasteiger partial charge in [-0.1, -0.05) is 11.6 Å². The minimum atomic E-state index is -5.08. The molecule has 0 aliphatic carbocycles. The summed E-state index contributed by atoms with van der Waals surface area (Å²) in [6.07, 6.45) is -5.08. The summed E-state index contributed by atoms with van der Waals surface area (Å²) in [5, 5.41) is -0.390. The largest absolute Gasteiger partial charge is 0.464 e. The Bertz CT molecular complexity index is 826. The van der Waals surface area contributed by atoms with Crippen LogP contribution in [-0.4, -0.2) is 23.0 Å². The zero-order valence-electron chi connectivity index (χ0n) is 11.7. The van der Waals surface area contributed by atoms with Gasteiger partial charge in [0.05, 0.1) is 18.2 Å². The normalized spacial score (nSPS) is 11.5. The molecule has 1 aromatic heterocycles. The van der Waals surface area contributed by atoms with E-state index in [2.05, 4.69) is 14.7 Å². The highest BCUT2D eigenvalue weighted by Crippen LogP contribution is 2.35. The smallest absolute Gasteiger partial charge is 0.419 e. The molecule has 11 heteroatoms. The van der Waals surface area contributed by atoms with Crippen molar-refractivity contribution in [1.29, 1.82) is 0 Å². The highest BCUT2D eigenvalue weighted by atomic mass is 35.5. The molecule has 128 valence electrons. The van der Waals surface area contributed by atoms with Crippen LogP contribution >= 0.6 is 11.6 Å². The lowest BCUT2D eigenvalue weighted by Gasteiger charge is -2.12. The van der Waals surface area contributed by atoms with Crippen molar-refractivity contribution in [2.24, 2.45) is 0 Å². The molecule has 0 aliphatic heterocycles. The van der Waals surface area contributed by atoms with E-state index < -0.39 is 57.3 Å². The molecule has 24 heavy (non-hydrogen) atoms. The van der Waals surface area contributed by atoms with Gasteiger partial charge in [-0.05, 0) is 12.1 Å². The number of hydrogen-bond donors (Lipinski definition) is 1. The third-order valence-electron chi connectivity index (χ3n) is 2.88. The number of methoxy groups -OCH3 is 1. The molecule has 0 bridgehead atoms. The molecule has 0 spiro atoms. The van der Waals surface area contributed by atoms with Gasteiger partial charge < -0.3 is 10.5 Å². The molecule has 0 saturated carbocycles. The summed E-state index contributed by atoms with van der Waals surface area (Å²) in [7, 11) is 1.01. The van der Waals surface area contributed by atoms with Gasteiger partial charge >= 0.3 is 12.1 Å². The summed E-state index contributed by atoms with van der Waals surface area (Å²) in [6.45, 7) is 0. The maximum atomic E-state index is 14.0. The van der Waals surface area contributed by atoms with Crippen LogP contribution in [0.4, 0.5) is 27.8 Å². The number of nitrogens with two attached hydrogens (primary N) is 1. The molecule has 1 aromatic carbocycles. The lowest BCUT2D eigenvalue weighted by atomic mass is 10.1. The van der Waals surface area contributed by atoms with E-state index in [0.29, 0.717) is 12.1 Å². The van der Waals surface area contributed by atoms with E-state index in [-0.39, 0.29) is 0 Å². The summed E-state index contributed by atoms with van der Waals surface area (Å²) in [6, 6.07) is 0.935. The second-order valence-corrected chi connectivity index (χ2v) is 4.75. The number of nitrogen functional groups attached to an aromatic ring is 1. The van der Waals surface area contributed by atoms with Crippen LogP contribution in [0.25, 0.3) is 11.4 Å². The van der Waals surface area contributed by atoms with Crippen molar-refractivity contribution in [2.75, 3.05) is 12.8 Å². The van der Waals surface area contributed by atoms with Gasteiger partial charge in [-0.3, -0.25) is 0 Å². The molecule has 5 nitrogen and oxygen atoms in total. The van der Waals surface area contributed by atoms with E-state index in [1.54, 1.807) is 0 Å². The number of halogens is 6. The Morgan fingerprint density at radius 3 is 2.38 bits per heavy atom. The third-order valence-corrected chi connectivity index (χ3v) is 3.26. The van der Waals surface area contributed by atoms with Crippen LogP contribution < -0.4 is 5.73 Å². The molecular formula is C13H7ClF5N3O2. The van der Waals surface area contributed by atoms with Crippen molar-refractivity contribution in [3.63, 3.8) is 0 Å². The van der Waals surface area contributed by atoms with Gasteiger partial charge in [0.25, 0.3) is 0 Å². The zero-order chi connectivity index (χ0) is 18.2. The Morgan fingerprint density at radius 1 is 1.21 bits per heavy atom. The average Bonchev–Trinajstić information content (AvgIpc) is 2.50. The molecular weight excluding hydrogens is 361 g/mol. The van der Waals surface area contributed by atoms with Gasteiger partial charge in [0.1, 0.15) is 10.8 Å². The minimum Gasteiger partial charge on any atom is -0.464 e. The summed E-state index contributed by atoms with van der Waals surface area (Å²) < 4.78 is 69.7. The number of anilines is 1. The van der Waals surface area contributed by atoms with Gasteiger partial charge in [-0.2, -0.15) is 13.2 Å². The second kappa shape index (κ2) is 6.19. The maximum Gasteiger partial charge on any atom is 0.419 e. The van der Waals surface area contributed by atoms with Crippen LogP contribution in [0.3, 0.4) is 0 Å². The standard InChI is InChI=1S/C13H7ClF5N3O2/c1-24-12(23)9-6(14)10(20)22-11(21-9)4-2-3-5(13(17,18)19)8(16)7(4)15/h2-3H,1H3,(H2,20,21,22). The lowest BCUT2D eigenvalue weighted by molar-refractivity contribution is -0.140. The van der Waals surface area contributed by atoms with Crippen molar-refractivity contribution in [1.82, 2.24) is 9.97 Å². The number of esters is 1. The number of alkyl halides is 3. The first-order chi connectivity index (χ1) is 11.1. The van der Waals surface area contributed by atoms with Gasteiger partial charge in [0.15, 0.2) is 23.2 Å². The lowest BCUT2D eigenvalue weighted by Crippen LogP contribution is -2.12. The number of benzene rings is 1. The second-order valence-electron chi connectivity index (χ2n) is 4.37. The quantitative estimate of drug-likeness (QED) is 0.649. The summed E-state index contributed by atoms with van der Waals surface area (Å²) in [4.78, 5) is 18.7. The van der Waals surface area contributed by atoms with Crippen LogP contribution in [0.15, 0.2) is 12.1 Å². The molecule has 2 N–H and O–H groups in total. The topological polar surface area (TPSA) is 78.1 Å². The average molecular weight is 368 g/mol. The predicted octanol–water partition coefficient (Wildman–Crippen LogP) is 3.46. The molecule has 0 saturated heterocycles. The number of aromatic nitrogens is 2. The summed E-state index contributed by atoms with van der Waals surface area (Å²) in [5.74, 6) is -6.09. The molecule has 2 rings (SSSR count). The molecule has 1 heterocycles. The van der Waals surface area contributed by atoms with E-state index in [1.165, 1.54) is 0 Å². The van der Waals surface area contributed by atoms with Crippen LogP contribution in [0, 0.1) is 11.6 Å². The zero-order valence-corrected chi connectivity index (χ0v) is 12.5. The first-order valence-corrected chi connectivity index (χ1v) is 6.42. The fourth-order valence-corrected chi connectivity index (χ4v) is 1.92. The molecule has 2 aromatic rings. The molecule has 0 fully saturated rings. The highest BCUT2D eigenvalue weighted by Gasteiger charge is 2.36. The van der Waals surface area contributed by atoms with E-state index in [4.69, 9.17) is 17.3 Å². The van der Waals surface area contributed by atoms with Crippen LogP contribution in [-0.2, 0) is 10.9 Å². The van der Waals surface area contributed by atoms with Gasteiger partial charge in [0.2, 0.25) is 0 Å². The molecule has 0 radical (unpaired) electrons. The van der Waals surface area contributed by atoms with E-state index in [0.717, 1.165) is 7.11 Å². The number of rotatable bonds is 2. The summed E-state index contributed by atoms with van der Waals surface area (Å²) in [5.41, 5.74) is 2.39. The van der Waals surface area contributed by atoms with E-state index in [9.17, 15) is 26.7 Å². The van der Waals surface area contributed by atoms with Crippen LogP contribution in [0.5, 0.6) is 0 Å². The minimum absolute atomic E-state index is 0.319. The maximum absolute atomic E-state index is 14.0. The van der Waals surface area contributed by atoms with Crippen LogP contribution in [0.1, 0.15) is 16.1 Å². The Labute approximate surface area is 136 Å². The Kier molecular flexibility index (Phi) is 4.61. The number of carbonyl (C=O) groups is 1. The fourth-order valence-electron chi connectivity index (χ4n) is 1.76. The van der Waals surface area contributed by atoms with Gasteiger partial charge in [-0.15, -0.1) is 0 Å². The number of hydrogen-bond acceptors (Lipinski definition) is 5.